The third kappa shape index (κ3) is 3.02. The molecule has 2 rings (SSSR count). The third-order valence-corrected chi connectivity index (χ3v) is 4.65. The van der Waals surface area contributed by atoms with Gasteiger partial charge in [0.2, 0.25) is 10.0 Å². The Hall–Kier alpha value is -1.38. The lowest BCUT2D eigenvalue weighted by Crippen LogP contribution is -2.36. The van der Waals surface area contributed by atoms with Gasteiger partial charge in [0.1, 0.15) is 10.7 Å². The minimum atomic E-state index is -3.93. The van der Waals surface area contributed by atoms with E-state index in [4.69, 9.17) is 9.47 Å². The maximum Gasteiger partial charge on any atom is 0.243 e. The molecule has 0 bridgehead atoms. The van der Waals surface area contributed by atoms with Gasteiger partial charge in [-0.15, -0.1) is 0 Å². The van der Waals surface area contributed by atoms with Gasteiger partial charge in [0.05, 0.1) is 14.2 Å². The molecule has 112 valence electrons. The minimum absolute atomic E-state index is 0.145. The molecule has 1 heterocycles. The lowest BCUT2D eigenvalue weighted by molar-refractivity contribution is 0.350. The third-order valence-electron chi connectivity index (χ3n) is 3.11. The number of benzene rings is 1. The highest BCUT2D eigenvalue weighted by molar-refractivity contribution is 7.89. The molecular formula is C12H17FN2O4S. The zero-order chi connectivity index (χ0) is 14.8. The number of methoxy groups -OCH3 is 2. The van der Waals surface area contributed by atoms with Crippen LogP contribution in [0.5, 0.6) is 11.5 Å². The molecule has 1 aromatic rings. The van der Waals surface area contributed by atoms with E-state index < -0.39 is 20.7 Å². The Kier molecular flexibility index (Phi) is 4.46. The van der Waals surface area contributed by atoms with E-state index in [0.717, 1.165) is 18.7 Å². The Morgan fingerprint density at radius 3 is 2.50 bits per heavy atom. The largest absolute Gasteiger partial charge is 0.493 e. The van der Waals surface area contributed by atoms with Crippen molar-refractivity contribution in [1.29, 1.82) is 0 Å². The van der Waals surface area contributed by atoms with Crippen LogP contribution in [0.2, 0.25) is 0 Å². The summed E-state index contributed by atoms with van der Waals surface area (Å²) in [5.74, 6) is -0.564. The van der Waals surface area contributed by atoms with Crippen molar-refractivity contribution >= 4 is 10.0 Å². The molecule has 8 heteroatoms. The van der Waals surface area contributed by atoms with Gasteiger partial charge in [-0.3, -0.25) is 0 Å². The Morgan fingerprint density at radius 1 is 1.30 bits per heavy atom. The molecular weight excluding hydrogens is 287 g/mol. The van der Waals surface area contributed by atoms with Crippen molar-refractivity contribution in [3.8, 4) is 11.5 Å². The van der Waals surface area contributed by atoms with Gasteiger partial charge >= 0.3 is 0 Å². The van der Waals surface area contributed by atoms with E-state index in [0.29, 0.717) is 13.0 Å². The van der Waals surface area contributed by atoms with Crippen LogP contribution in [0.1, 0.15) is 6.42 Å². The highest BCUT2D eigenvalue weighted by Crippen LogP contribution is 2.31. The van der Waals surface area contributed by atoms with Crippen LogP contribution >= 0.6 is 0 Å². The lowest BCUT2D eigenvalue weighted by Gasteiger charge is -2.14. The molecule has 1 atom stereocenters. The second-order valence-corrected chi connectivity index (χ2v) is 6.13. The van der Waals surface area contributed by atoms with Crippen LogP contribution in [0.25, 0.3) is 0 Å². The van der Waals surface area contributed by atoms with Gasteiger partial charge in [-0.25, -0.2) is 17.5 Å². The first-order chi connectivity index (χ1) is 9.47. The molecule has 0 amide bonds. The van der Waals surface area contributed by atoms with Gasteiger partial charge in [-0.2, -0.15) is 0 Å². The number of halogens is 1. The number of nitrogens with one attached hydrogen (secondary N) is 2. The zero-order valence-corrected chi connectivity index (χ0v) is 12.1. The predicted molar refractivity (Wildman–Crippen MR) is 71.1 cm³/mol. The summed E-state index contributed by atoms with van der Waals surface area (Å²) in [5.41, 5.74) is 0. The number of rotatable bonds is 5. The summed E-state index contributed by atoms with van der Waals surface area (Å²) in [6.45, 7) is 1.27. The molecule has 0 saturated carbocycles. The summed E-state index contributed by atoms with van der Waals surface area (Å²) in [4.78, 5) is -0.443. The Labute approximate surface area is 117 Å². The van der Waals surface area contributed by atoms with Crippen molar-refractivity contribution in [3.63, 3.8) is 0 Å². The summed E-state index contributed by atoms with van der Waals surface area (Å²) >= 11 is 0. The molecule has 0 radical (unpaired) electrons. The Morgan fingerprint density at radius 2 is 1.95 bits per heavy atom. The molecule has 1 aliphatic heterocycles. The number of hydrogen-bond acceptors (Lipinski definition) is 5. The van der Waals surface area contributed by atoms with E-state index in [2.05, 4.69) is 10.0 Å². The first-order valence-electron chi connectivity index (χ1n) is 6.12. The average molecular weight is 304 g/mol. The zero-order valence-electron chi connectivity index (χ0n) is 11.3. The second-order valence-electron chi connectivity index (χ2n) is 4.45. The Bertz CT molecular complexity index is 585. The highest BCUT2D eigenvalue weighted by atomic mass is 32.2. The maximum absolute atomic E-state index is 14.0. The van der Waals surface area contributed by atoms with E-state index in [1.807, 2.05) is 0 Å². The predicted octanol–water partition coefficient (Wildman–Crippen LogP) is 0.483. The molecule has 0 aliphatic carbocycles. The van der Waals surface area contributed by atoms with Gasteiger partial charge < -0.3 is 14.8 Å². The van der Waals surface area contributed by atoms with Crippen LogP contribution in [0.15, 0.2) is 17.0 Å². The van der Waals surface area contributed by atoms with Crippen LogP contribution in [0.4, 0.5) is 4.39 Å². The van der Waals surface area contributed by atoms with E-state index in [-0.39, 0.29) is 17.5 Å². The van der Waals surface area contributed by atoms with E-state index in [1.165, 1.54) is 14.2 Å². The second kappa shape index (κ2) is 5.94. The number of sulfonamides is 1. The molecule has 0 spiro atoms. The monoisotopic (exact) mass is 304 g/mol. The average Bonchev–Trinajstić information content (AvgIpc) is 2.90. The quantitative estimate of drug-likeness (QED) is 0.827. The molecule has 1 aliphatic rings. The summed E-state index contributed by atoms with van der Waals surface area (Å²) in [6.07, 6.45) is 0.675. The first kappa shape index (κ1) is 15.0. The summed E-state index contributed by atoms with van der Waals surface area (Å²) in [6, 6.07) is 1.90. The first-order valence-corrected chi connectivity index (χ1v) is 7.61. The van der Waals surface area contributed by atoms with Gasteiger partial charge in [0.25, 0.3) is 0 Å². The molecule has 1 unspecified atom stereocenters. The van der Waals surface area contributed by atoms with Crippen LogP contribution in [0.3, 0.4) is 0 Å². The summed E-state index contributed by atoms with van der Waals surface area (Å²) in [5, 5.41) is 3.04. The molecule has 0 aromatic heterocycles. The highest BCUT2D eigenvalue weighted by Gasteiger charge is 2.27. The molecule has 1 aromatic carbocycles. The van der Waals surface area contributed by atoms with E-state index >= 15 is 0 Å². The minimum Gasteiger partial charge on any atom is -0.493 e. The van der Waals surface area contributed by atoms with Crippen molar-refractivity contribution in [1.82, 2.24) is 10.0 Å². The van der Waals surface area contributed by atoms with Crippen molar-refractivity contribution < 1.29 is 22.3 Å². The van der Waals surface area contributed by atoms with Crippen molar-refractivity contribution in [2.24, 2.45) is 0 Å². The molecule has 2 N–H and O–H groups in total. The number of ether oxygens (including phenoxy) is 2. The van der Waals surface area contributed by atoms with E-state index in [1.54, 1.807) is 0 Å². The lowest BCUT2D eigenvalue weighted by atomic mass is 10.3. The van der Waals surface area contributed by atoms with Crippen LogP contribution in [0, 0.1) is 5.82 Å². The molecule has 1 saturated heterocycles. The topological polar surface area (TPSA) is 76.7 Å². The normalized spacial score (nSPS) is 19.1. The fourth-order valence-electron chi connectivity index (χ4n) is 2.08. The fourth-order valence-corrected chi connectivity index (χ4v) is 3.42. The molecule has 6 nitrogen and oxygen atoms in total. The van der Waals surface area contributed by atoms with Gasteiger partial charge in [-0.1, -0.05) is 0 Å². The van der Waals surface area contributed by atoms with Crippen molar-refractivity contribution in [3.05, 3.63) is 17.9 Å². The molecule has 1 fully saturated rings. The summed E-state index contributed by atoms with van der Waals surface area (Å²) in [7, 11) is -1.22. The number of hydrogen-bond donors (Lipinski definition) is 2. The van der Waals surface area contributed by atoms with Crippen LogP contribution in [-0.4, -0.2) is 41.8 Å². The van der Waals surface area contributed by atoms with E-state index in [9.17, 15) is 12.8 Å². The van der Waals surface area contributed by atoms with Gasteiger partial charge in [-0.05, 0) is 13.0 Å². The standard InChI is InChI=1S/C12H17FN2O4S/c1-18-10-5-9(13)12(6-11(10)19-2)20(16,17)15-8-3-4-14-7-8/h5-6,8,14-15H,3-4,7H2,1-2H3. The van der Waals surface area contributed by atoms with Crippen LogP contribution < -0.4 is 19.5 Å². The van der Waals surface area contributed by atoms with Gasteiger partial charge in [0, 0.05) is 24.7 Å². The summed E-state index contributed by atoms with van der Waals surface area (Å²) < 4.78 is 50.8. The Balaban J connectivity index is 2.35. The van der Waals surface area contributed by atoms with Crippen LogP contribution in [-0.2, 0) is 10.0 Å². The smallest absolute Gasteiger partial charge is 0.243 e. The molecule has 20 heavy (non-hydrogen) atoms. The van der Waals surface area contributed by atoms with Crippen molar-refractivity contribution in [2.45, 2.75) is 17.4 Å². The van der Waals surface area contributed by atoms with Gasteiger partial charge in [0.15, 0.2) is 11.5 Å². The van der Waals surface area contributed by atoms with Crippen molar-refractivity contribution in [2.75, 3.05) is 27.3 Å². The fraction of sp³-hybridized carbons (Fsp3) is 0.500. The maximum atomic E-state index is 14.0. The SMILES string of the molecule is COc1cc(F)c(S(=O)(=O)NC2CCNC2)cc1OC.